The first-order valence-corrected chi connectivity index (χ1v) is 11.0. The Bertz CT molecular complexity index is 1040. The molecule has 0 bridgehead atoms. The number of nitrogens with zero attached hydrogens (tertiary/aromatic N) is 2. The van der Waals surface area contributed by atoms with Crippen molar-refractivity contribution < 1.29 is 14.3 Å². The van der Waals surface area contributed by atoms with E-state index in [1.807, 2.05) is 37.4 Å². The molecular formula is C21H21N3O3S2. The summed E-state index contributed by atoms with van der Waals surface area (Å²) >= 11 is 2.98. The Morgan fingerprint density at radius 3 is 2.66 bits per heavy atom. The second kappa shape index (κ2) is 8.44. The monoisotopic (exact) mass is 427 g/mol. The third-order valence-corrected chi connectivity index (χ3v) is 7.04. The summed E-state index contributed by atoms with van der Waals surface area (Å²) in [6.45, 7) is 5.98. The maximum atomic E-state index is 12.9. The lowest BCUT2D eigenvalue weighted by Gasteiger charge is -2.27. The van der Waals surface area contributed by atoms with Crippen LogP contribution >= 0.6 is 22.7 Å². The number of aromatic nitrogens is 1. The molecule has 0 aliphatic carbocycles. The Kier molecular flexibility index (Phi) is 5.75. The van der Waals surface area contributed by atoms with Gasteiger partial charge in [-0.05, 0) is 43.0 Å². The molecule has 4 rings (SSSR count). The number of ether oxygens (including phenoxy) is 1. The summed E-state index contributed by atoms with van der Waals surface area (Å²) in [5, 5.41) is 5.80. The Hall–Kier alpha value is -2.55. The molecule has 0 radical (unpaired) electrons. The van der Waals surface area contributed by atoms with Crippen molar-refractivity contribution in [3.63, 3.8) is 0 Å². The van der Waals surface area contributed by atoms with Crippen molar-refractivity contribution in [2.75, 3.05) is 31.6 Å². The third kappa shape index (κ3) is 4.10. The number of nitrogens with one attached hydrogen (secondary N) is 1. The van der Waals surface area contributed by atoms with Crippen LogP contribution in [0.4, 0.5) is 5.69 Å². The lowest BCUT2D eigenvalue weighted by molar-refractivity contribution is 0.0302. The second-order valence-electron chi connectivity index (χ2n) is 6.75. The molecule has 0 atom stereocenters. The zero-order chi connectivity index (χ0) is 20.4. The number of aryl methyl sites for hydroxylation is 1. The number of hydrogen-bond acceptors (Lipinski definition) is 6. The maximum Gasteiger partial charge on any atom is 0.267 e. The van der Waals surface area contributed by atoms with Crippen molar-refractivity contribution in [1.82, 2.24) is 9.88 Å². The number of amides is 2. The van der Waals surface area contributed by atoms with Crippen LogP contribution in [0.2, 0.25) is 0 Å². The molecular weight excluding hydrogens is 406 g/mol. The van der Waals surface area contributed by atoms with Gasteiger partial charge in [0.25, 0.3) is 11.8 Å². The summed E-state index contributed by atoms with van der Waals surface area (Å²) < 4.78 is 5.33. The number of carbonyl (C=O) groups is 2. The van der Waals surface area contributed by atoms with Gasteiger partial charge in [0, 0.05) is 24.3 Å². The van der Waals surface area contributed by atoms with Gasteiger partial charge in [0.05, 0.1) is 23.8 Å². The molecule has 1 aromatic carbocycles. The van der Waals surface area contributed by atoms with Crippen molar-refractivity contribution in [2.24, 2.45) is 0 Å². The van der Waals surface area contributed by atoms with Crippen LogP contribution in [0, 0.1) is 13.8 Å². The van der Waals surface area contributed by atoms with Gasteiger partial charge in [-0.1, -0.05) is 12.1 Å². The van der Waals surface area contributed by atoms with Crippen LogP contribution in [0.1, 0.15) is 31.3 Å². The van der Waals surface area contributed by atoms with Crippen LogP contribution in [0.25, 0.3) is 9.88 Å². The molecule has 1 fully saturated rings. The number of benzene rings is 1. The molecule has 3 aromatic rings. The minimum atomic E-state index is -0.207. The number of rotatable bonds is 4. The van der Waals surface area contributed by atoms with Gasteiger partial charge in [0.2, 0.25) is 0 Å². The predicted molar refractivity (Wildman–Crippen MR) is 116 cm³/mol. The zero-order valence-electron chi connectivity index (χ0n) is 16.2. The molecule has 3 heterocycles. The molecule has 2 amide bonds. The van der Waals surface area contributed by atoms with E-state index in [-0.39, 0.29) is 11.8 Å². The molecule has 6 nitrogen and oxygen atoms in total. The van der Waals surface area contributed by atoms with Gasteiger partial charge >= 0.3 is 0 Å². The lowest BCUT2D eigenvalue weighted by Crippen LogP contribution is -2.41. The van der Waals surface area contributed by atoms with E-state index in [0.29, 0.717) is 48.1 Å². The normalized spacial score (nSPS) is 14.1. The predicted octanol–water partition coefficient (Wildman–Crippen LogP) is 4.21. The van der Waals surface area contributed by atoms with E-state index >= 15 is 0 Å². The highest BCUT2D eigenvalue weighted by Gasteiger charge is 2.22. The molecule has 1 aliphatic heterocycles. The minimum Gasteiger partial charge on any atom is -0.378 e. The number of anilines is 1. The molecule has 0 saturated carbocycles. The number of morpholine rings is 1. The van der Waals surface area contributed by atoms with Crippen molar-refractivity contribution in [3.8, 4) is 9.88 Å². The Morgan fingerprint density at radius 2 is 1.93 bits per heavy atom. The average molecular weight is 428 g/mol. The third-order valence-electron chi connectivity index (χ3n) is 4.85. The van der Waals surface area contributed by atoms with E-state index in [9.17, 15) is 9.59 Å². The molecule has 29 heavy (non-hydrogen) atoms. The van der Waals surface area contributed by atoms with Gasteiger partial charge in [-0.25, -0.2) is 4.98 Å². The quantitative estimate of drug-likeness (QED) is 0.677. The fraction of sp³-hybridized carbons (Fsp3) is 0.286. The topological polar surface area (TPSA) is 71.5 Å². The molecule has 2 aromatic heterocycles. The van der Waals surface area contributed by atoms with Crippen LogP contribution < -0.4 is 5.32 Å². The van der Waals surface area contributed by atoms with E-state index in [2.05, 4.69) is 10.3 Å². The van der Waals surface area contributed by atoms with Gasteiger partial charge in [-0.15, -0.1) is 22.7 Å². The van der Waals surface area contributed by atoms with Crippen LogP contribution in [0.5, 0.6) is 0 Å². The SMILES string of the molecule is Cc1nc(-c2cccs2)sc1C(=O)Nc1cccc(C(=O)N2CCOCC2)c1C. The first-order valence-electron chi connectivity index (χ1n) is 9.34. The first kappa shape index (κ1) is 19.8. The average Bonchev–Trinajstić information content (AvgIpc) is 3.39. The fourth-order valence-corrected chi connectivity index (χ4v) is 4.99. The Labute approximate surface area is 177 Å². The standard InChI is InChI=1S/C21H21N3O3S2/c1-13-15(21(26)24-8-10-27-11-9-24)5-3-6-16(13)23-19(25)18-14(2)22-20(29-18)17-7-4-12-28-17/h3-7,12H,8-11H2,1-2H3,(H,23,25). The molecule has 1 saturated heterocycles. The van der Waals surface area contributed by atoms with Gasteiger partial charge in [-0.2, -0.15) is 0 Å². The zero-order valence-corrected chi connectivity index (χ0v) is 17.9. The highest BCUT2D eigenvalue weighted by Crippen LogP contribution is 2.32. The van der Waals surface area contributed by atoms with Gasteiger partial charge < -0.3 is 15.0 Å². The number of hydrogen-bond donors (Lipinski definition) is 1. The summed E-state index contributed by atoms with van der Waals surface area (Å²) in [4.78, 5) is 33.7. The van der Waals surface area contributed by atoms with E-state index in [1.54, 1.807) is 28.4 Å². The van der Waals surface area contributed by atoms with E-state index < -0.39 is 0 Å². The largest absolute Gasteiger partial charge is 0.378 e. The molecule has 8 heteroatoms. The Balaban J connectivity index is 1.55. The lowest BCUT2D eigenvalue weighted by atomic mass is 10.0. The smallest absolute Gasteiger partial charge is 0.267 e. The summed E-state index contributed by atoms with van der Waals surface area (Å²) in [7, 11) is 0. The van der Waals surface area contributed by atoms with E-state index in [4.69, 9.17) is 4.74 Å². The molecule has 0 unspecified atom stereocenters. The summed E-state index contributed by atoms with van der Waals surface area (Å²) in [6.07, 6.45) is 0. The Morgan fingerprint density at radius 1 is 1.14 bits per heavy atom. The highest BCUT2D eigenvalue weighted by molar-refractivity contribution is 7.22. The summed E-state index contributed by atoms with van der Waals surface area (Å²) in [5.41, 5.74) is 2.71. The molecule has 150 valence electrons. The van der Waals surface area contributed by atoms with Crippen molar-refractivity contribution in [1.29, 1.82) is 0 Å². The van der Waals surface area contributed by atoms with Crippen molar-refractivity contribution >= 4 is 40.2 Å². The molecule has 1 aliphatic rings. The van der Waals surface area contributed by atoms with E-state index in [1.165, 1.54) is 11.3 Å². The second-order valence-corrected chi connectivity index (χ2v) is 8.69. The van der Waals surface area contributed by atoms with Gasteiger partial charge in [0.1, 0.15) is 9.88 Å². The first-order chi connectivity index (χ1) is 14.0. The van der Waals surface area contributed by atoms with Crippen molar-refractivity contribution in [2.45, 2.75) is 13.8 Å². The van der Waals surface area contributed by atoms with Crippen LogP contribution in [-0.4, -0.2) is 48.0 Å². The van der Waals surface area contributed by atoms with Gasteiger partial charge in [-0.3, -0.25) is 9.59 Å². The number of thiazole rings is 1. The number of thiophene rings is 1. The van der Waals surface area contributed by atoms with Crippen LogP contribution in [0.15, 0.2) is 35.7 Å². The highest BCUT2D eigenvalue weighted by atomic mass is 32.1. The van der Waals surface area contributed by atoms with Gasteiger partial charge in [0.15, 0.2) is 0 Å². The summed E-state index contributed by atoms with van der Waals surface area (Å²) in [6, 6.07) is 9.38. The minimum absolute atomic E-state index is 0.0316. The van der Waals surface area contributed by atoms with Crippen LogP contribution in [-0.2, 0) is 4.74 Å². The number of carbonyl (C=O) groups excluding carboxylic acids is 2. The maximum absolute atomic E-state index is 12.9. The summed E-state index contributed by atoms with van der Waals surface area (Å²) in [5.74, 6) is -0.238. The van der Waals surface area contributed by atoms with E-state index in [0.717, 1.165) is 15.4 Å². The fourth-order valence-electron chi connectivity index (χ4n) is 3.23. The molecule has 0 spiro atoms. The van der Waals surface area contributed by atoms with Crippen molar-refractivity contribution in [3.05, 3.63) is 57.4 Å². The molecule has 1 N–H and O–H groups in total. The van der Waals surface area contributed by atoms with Crippen LogP contribution in [0.3, 0.4) is 0 Å².